The zero-order valence-electron chi connectivity index (χ0n) is 11.0. The van der Waals surface area contributed by atoms with E-state index in [1.807, 2.05) is 0 Å². The number of hydrogen-bond acceptors (Lipinski definition) is 4. The molecule has 7 nitrogen and oxygen atoms in total. The van der Waals surface area contributed by atoms with Gasteiger partial charge in [0.1, 0.15) is 5.84 Å². The third kappa shape index (κ3) is 3.44. The van der Waals surface area contributed by atoms with Gasteiger partial charge in [-0.3, -0.25) is 5.41 Å². The van der Waals surface area contributed by atoms with Gasteiger partial charge < -0.3 is 10.5 Å². The number of amidine groups is 1. The van der Waals surface area contributed by atoms with E-state index >= 15 is 0 Å². The topological polar surface area (TPSA) is 99.7 Å². The summed E-state index contributed by atoms with van der Waals surface area (Å²) in [5, 5.41) is 7.41. The standard InChI is InChI=1S/C11H22N4O3S/c12-11(13)9-15(10-3-1-2-4-10)19(16,17)14-5-7-18-8-6-14/h10H,1-9H2,(H3,12,13). The minimum absolute atomic E-state index is 0.00957. The highest BCUT2D eigenvalue weighted by atomic mass is 32.2. The van der Waals surface area contributed by atoms with E-state index in [9.17, 15) is 8.42 Å². The van der Waals surface area contributed by atoms with E-state index < -0.39 is 10.2 Å². The molecule has 1 saturated heterocycles. The third-order valence-corrected chi connectivity index (χ3v) is 5.69. The van der Waals surface area contributed by atoms with Gasteiger partial charge in [-0.15, -0.1) is 0 Å². The van der Waals surface area contributed by atoms with Crippen molar-refractivity contribution < 1.29 is 13.2 Å². The maximum Gasteiger partial charge on any atom is 0.282 e. The molecule has 0 aromatic heterocycles. The summed E-state index contributed by atoms with van der Waals surface area (Å²) in [4.78, 5) is 0. The summed E-state index contributed by atoms with van der Waals surface area (Å²) in [5.41, 5.74) is 5.42. The van der Waals surface area contributed by atoms with E-state index in [0.29, 0.717) is 26.3 Å². The van der Waals surface area contributed by atoms with Crippen molar-refractivity contribution in [2.24, 2.45) is 5.73 Å². The number of morpholine rings is 1. The largest absolute Gasteiger partial charge is 0.387 e. The van der Waals surface area contributed by atoms with Gasteiger partial charge in [-0.25, -0.2) is 0 Å². The Labute approximate surface area is 114 Å². The second kappa shape index (κ2) is 6.17. The molecule has 1 aliphatic heterocycles. The molecular weight excluding hydrogens is 268 g/mol. The van der Waals surface area contributed by atoms with Crippen molar-refractivity contribution in [2.45, 2.75) is 31.7 Å². The number of rotatable bonds is 5. The maximum atomic E-state index is 12.7. The summed E-state index contributed by atoms with van der Waals surface area (Å²) in [6.07, 6.45) is 3.79. The molecule has 3 N–H and O–H groups in total. The van der Waals surface area contributed by atoms with E-state index in [1.165, 1.54) is 8.61 Å². The highest BCUT2D eigenvalue weighted by Crippen LogP contribution is 2.27. The van der Waals surface area contributed by atoms with Crippen LogP contribution < -0.4 is 5.73 Å². The summed E-state index contributed by atoms with van der Waals surface area (Å²) in [6, 6.07) is -0.0169. The number of nitrogens with two attached hydrogens (primary N) is 1. The molecule has 0 atom stereocenters. The Morgan fingerprint density at radius 2 is 1.89 bits per heavy atom. The lowest BCUT2D eigenvalue weighted by Crippen LogP contribution is -2.53. The Kier molecular flexibility index (Phi) is 4.77. The predicted molar refractivity (Wildman–Crippen MR) is 72.2 cm³/mol. The summed E-state index contributed by atoms with van der Waals surface area (Å²) in [7, 11) is -3.54. The Hall–Kier alpha value is -0.700. The van der Waals surface area contributed by atoms with Gasteiger partial charge in [-0.2, -0.15) is 17.0 Å². The molecule has 19 heavy (non-hydrogen) atoms. The molecule has 0 bridgehead atoms. The number of hydrogen-bond donors (Lipinski definition) is 2. The van der Waals surface area contributed by atoms with Crippen LogP contribution >= 0.6 is 0 Å². The molecule has 0 amide bonds. The molecule has 2 aliphatic rings. The molecule has 0 aromatic carbocycles. The minimum Gasteiger partial charge on any atom is -0.387 e. The SMILES string of the molecule is N=C(N)CN(C1CCCC1)S(=O)(=O)N1CCOCC1. The van der Waals surface area contributed by atoms with Crippen molar-refractivity contribution in [1.82, 2.24) is 8.61 Å². The number of nitrogens with one attached hydrogen (secondary N) is 1. The van der Waals surface area contributed by atoms with Crippen LogP contribution in [0.1, 0.15) is 25.7 Å². The average Bonchev–Trinajstić information content (AvgIpc) is 2.90. The lowest BCUT2D eigenvalue weighted by atomic mass is 10.2. The first-order valence-corrected chi connectivity index (χ1v) is 8.09. The Morgan fingerprint density at radius 3 is 2.42 bits per heavy atom. The van der Waals surface area contributed by atoms with Crippen LogP contribution in [0.2, 0.25) is 0 Å². The molecule has 0 radical (unpaired) electrons. The van der Waals surface area contributed by atoms with Gasteiger partial charge in [0.15, 0.2) is 0 Å². The minimum atomic E-state index is -3.54. The lowest BCUT2D eigenvalue weighted by molar-refractivity contribution is 0.0696. The van der Waals surface area contributed by atoms with E-state index in [1.54, 1.807) is 0 Å². The molecule has 1 heterocycles. The van der Waals surface area contributed by atoms with Crippen molar-refractivity contribution in [3.05, 3.63) is 0 Å². The van der Waals surface area contributed by atoms with E-state index in [0.717, 1.165) is 25.7 Å². The van der Waals surface area contributed by atoms with Crippen LogP contribution in [-0.4, -0.2) is 61.8 Å². The first-order valence-electron chi connectivity index (χ1n) is 6.69. The summed E-state index contributed by atoms with van der Waals surface area (Å²) < 4.78 is 33.3. The molecule has 110 valence electrons. The quantitative estimate of drug-likeness (QED) is 0.538. The maximum absolute atomic E-state index is 12.7. The van der Waals surface area contributed by atoms with Crippen LogP contribution in [0.4, 0.5) is 0 Å². The third-order valence-electron chi connectivity index (χ3n) is 3.65. The van der Waals surface area contributed by atoms with Gasteiger partial charge in [-0.05, 0) is 12.8 Å². The molecule has 2 fully saturated rings. The first-order chi connectivity index (χ1) is 9.01. The van der Waals surface area contributed by atoms with Crippen molar-refractivity contribution >= 4 is 16.0 Å². The fourth-order valence-corrected chi connectivity index (χ4v) is 4.48. The molecule has 0 unspecified atom stereocenters. The van der Waals surface area contributed by atoms with Gasteiger partial charge in [0.25, 0.3) is 10.2 Å². The highest BCUT2D eigenvalue weighted by molar-refractivity contribution is 7.86. The van der Waals surface area contributed by atoms with Gasteiger partial charge in [0.05, 0.1) is 19.8 Å². The Morgan fingerprint density at radius 1 is 1.32 bits per heavy atom. The van der Waals surface area contributed by atoms with Crippen LogP contribution in [-0.2, 0) is 14.9 Å². The van der Waals surface area contributed by atoms with E-state index in [4.69, 9.17) is 15.9 Å². The zero-order valence-corrected chi connectivity index (χ0v) is 11.9. The second-order valence-corrected chi connectivity index (χ2v) is 6.91. The summed E-state index contributed by atoms with van der Waals surface area (Å²) in [6.45, 7) is 1.60. The molecule has 2 rings (SSSR count). The highest BCUT2D eigenvalue weighted by Gasteiger charge is 2.37. The van der Waals surface area contributed by atoms with Crippen molar-refractivity contribution in [3.63, 3.8) is 0 Å². The Bertz CT molecular complexity index is 414. The van der Waals surface area contributed by atoms with Gasteiger partial charge >= 0.3 is 0 Å². The fraction of sp³-hybridized carbons (Fsp3) is 0.909. The molecule has 1 saturated carbocycles. The van der Waals surface area contributed by atoms with Gasteiger partial charge in [0, 0.05) is 19.1 Å². The van der Waals surface area contributed by atoms with Crippen molar-refractivity contribution in [3.8, 4) is 0 Å². The zero-order chi connectivity index (χ0) is 13.9. The van der Waals surface area contributed by atoms with Crippen LogP contribution in [0.25, 0.3) is 0 Å². The van der Waals surface area contributed by atoms with Crippen molar-refractivity contribution in [2.75, 3.05) is 32.8 Å². The van der Waals surface area contributed by atoms with E-state index in [-0.39, 0.29) is 18.4 Å². The van der Waals surface area contributed by atoms with Gasteiger partial charge in [0.2, 0.25) is 0 Å². The van der Waals surface area contributed by atoms with Crippen LogP contribution in [0.15, 0.2) is 0 Å². The first kappa shape index (κ1) is 14.7. The lowest BCUT2D eigenvalue weighted by Gasteiger charge is -2.34. The number of nitrogens with zero attached hydrogens (tertiary/aromatic N) is 2. The van der Waals surface area contributed by atoms with Crippen LogP contribution in [0.5, 0.6) is 0 Å². The van der Waals surface area contributed by atoms with Crippen molar-refractivity contribution in [1.29, 1.82) is 5.41 Å². The summed E-state index contributed by atoms with van der Waals surface area (Å²) >= 11 is 0. The monoisotopic (exact) mass is 290 g/mol. The Balaban J connectivity index is 2.17. The fourth-order valence-electron chi connectivity index (χ4n) is 2.68. The van der Waals surface area contributed by atoms with Crippen LogP contribution in [0.3, 0.4) is 0 Å². The van der Waals surface area contributed by atoms with Gasteiger partial charge in [-0.1, -0.05) is 12.8 Å². The molecule has 0 aromatic rings. The van der Waals surface area contributed by atoms with E-state index in [2.05, 4.69) is 0 Å². The smallest absolute Gasteiger partial charge is 0.282 e. The summed E-state index contributed by atoms with van der Waals surface area (Å²) in [5.74, 6) is -0.108. The molecule has 8 heteroatoms. The van der Waals surface area contributed by atoms with Crippen LogP contribution in [0, 0.1) is 5.41 Å². The molecular formula is C11H22N4O3S. The predicted octanol–water partition coefficient (Wildman–Crippen LogP) is -0.256. The second-order valence-electron chi connectivity index (χ2n) is 5.03. The normalized spacial score (nSPS) is 23.0. The number of ether oxygens (including phenoxy) is 1. The molecule has 0 spiro atoms. The molecule has 1 aliphatic carbocycles. The average molecular weight is 290 g/mol.